The molecule has 0 aromatic carbocycles. The molecule has 0 spiro atoms. The first-order chi connectivity index (χ1) is 9.54. The molecule has 0 atom stereocenters. The van der Waals surface area contributed by atoms with Crippen LogP contribution in [0.25, 0.3) is 5.52 Å². The Balaban J connectivity index is 2.53. The van der Waals surface area contributed by atoms with Crippen molar-refractivity contribution < 1.29 is 19.4 Å². The first-order valence-electron chi connectivity index (χ1n) is 6.04. The predicted octanol–water partition coefficient (Wildman–Crippen LogP) is 2.00. The molecule has 0 aliphatic carbocycles. The molecule has 0 aliphatic heterocycles. The summed E-state index contributed by atoms with van der Waals surface area (Å²) in [7, 11) is 0. The van der Waals surface area contributed by atoms with E-state index in [0.29, 0.717) is 16.1 Å². The Morgan fingerprint density at radius 3 is 2.85 bits per heavy atom. The van der Waals surface area contributed by atoms with Gasteiger partial charge in [0.1, 0.15) is 10.6 Å². The van der Waals surface area contributed by atoms with Crippen molar-refractivity contribution in [3.8, 4) is 0 Å². The summed E-state index contributed by atoms with van der Waals surface area (Å²) in [5, 5.41) is 13.4. The fraction of sp³-hybridized carbons (Fsp3) is 0.308. The van der Waals surface area contributed by atoms with Crippen molar-refractivity contribution in [1.29, 1.82) is 0 Å². The zero-order chi connectivity index (χ0) is 14.7. The molecule has 2 heterocycles. The second-order valence-electron chi connectivity index (χ2n) is 4.05. The number of carboxylic acid groups (broad SMARTS) is 1. The van der Waals surface area contributed by atoms with Gasteiger partial charge in [-0.25, -0.2) is 9.31 Å². The van der Waals surface area contributed by atoms with Gasteiger partial charge in [-0.2, -0.15) is 5.10 Å². The number of aliphatic carboxylic acids is 1. The molecular weight excluding hydrogens is 280 g/mol. The highest BCUT2D eigenvalue weighted by molar-refractivity contribution is 8.00. The van der Waals surface area contributed by atoms with Crippen molar-refractivity contribution in [2.75, 3.05) is 12.4 Å². The quantitative estimate of drug-likeness (QED) is 0.671. The number of thioether (sulfide) groups is 1. The van der Waals surface area contributed by atoms with Gasteiger partial charge in [-0.1, -0.05) is 17.8 Å². The lowest BCUT2D eigenvalue weighted by molar-refractivity contribution is -0.133. The third-order valence-corrected chi connectivity index (χ3v) is 3.58. The van der Waals surface area contributed by atoms with Gasteiger partial charge in [0.2, 0.25) is 0 Å². The SMILES string of the molecule is CCOC(=O)c1c(SCC(=O)O)nn2c(C)cccc12. The lowest BCUT2D eigenvalue weighted by Gasteiger charge is -2.02. The van der Waals surface area contributed by atoms with E-state index in [1.807, 2.05) is 19.1 Å². The Bertz CT molecular complexity index is 666. The van der Waals surface area contributed by atoms with Gasteiger partial charge < -0.3 is 9.84 Å². The molecule has 2 rings (SSSR count). The highest BCUT2D eigenvalue weighted by Gasteiger charge is 2.22. The van der Waals surface area contributed by atoms with Crippen LogP contribution in [0.15, 0.2) is 23.2 Å². The number of pyridine rings is 1. The van der Waals surface area contributed by atoms with E-state index in [9.17, 15) is 9.59 Å². The van der Waals surface area contributed by atoms with Crippen LogP contribution in [0.2, 0.25) is 0 Å². The lowest BCUT2D eigenvalue weighted by Crippen LogP contribution is -2.06. The van der Waals surface area contributed by atoms with Gasteiger partial charge in [0.25, 0.3) is 0 Å². The Labute approximate surface area is 119 Å². The molecule has 7 heteroatoms. The Morgan fingerprint density at radius 2 is 2.20 bits per heavy atom. The minimum Gasteiger partial charge on any atom is -0.481 e. The number of carboxylic acids is 1. The highest BCUT2D eigenvalue weighted by Crippen LogP contribution is 2.27. The number of hydrogen-bond donors (Lipinski definition) is 1. The second kappa shape index (κ2) is 5.96. The van der Waals surface area contributed by atoms with Crippen LogP contribution in [0, 0.1) is 6.92 Å². The summed E-state index contributed by atoms with van der Waals surface area (Å²) < 4.78 is 6.65. The van der Waals surface area contributed by atoms with Gasteiger partial charge in [-0.3, -0.25) is 4.79 Å². The summed E-state index contributed by atoms with van der Waals surface area (Å²) in [6.07, 6.45) is 0. The summed E-state index contributed by atoms with van der Waals surface area (Å²) in [5.41, 5.74) is 1.80. The number of nitrogens with zero attached hydrogens (tertiary/aromatic N) is 2. The van der Waals surface area contributed by atoms with Crippen LogP contribution in [0.4, 0.5) is 0 Å². The summed E-state index contributed by atoms with van der Waals surface area (Å²) in [6.45, 7) is 3.84. The molecule has 20 heavy (non-hydrogen) atoms. The molecule has 2 aromatic heterocycles. The minimum absolute atomic E-state index is 0.157. The average Bonchev–Trinajstić information content (AvgIpc) is 2.76. The molecule has 0 aliphatic rings. The molecule has 0 saturated carbocycles. The summed E-state index contributed by atoms with van der Waals surface area (Å²) in [4.78, 5) is 22.8. The molecule has 0 radical (unpaired) electrons. The van der Waals surface area contributed by atoms with E-state index in [0.717, 1.165) is 17.5 Å². The average molecular weight is 294 g/mol. The number of rotatable bonds is 5. The summed E-state index contributed by atoms with van der Waals surface area (Å²) >= 11 is 1.01. The molecular formula is C13H14N2O4S. The smallest absolute Gasteiger partial charge is 0.343 e. The molecule has 0 saturated heterocycles. The topological polar surface area (TPSA) is 80.9 Å². The fourth-order valence-corrected chi connectivity index (χ4v) is 2.54. The Hall–Kier alpha value is -2.02. The van der Waals surface area contributed by atoms with Crippen molar-refractivity contribution in [3.05, 3.63) is 29.5 Å². The van der Waals surface area contributed by atoms with Gasteiger partial charge in [0.05, 0.1) is 17.9 Å². The standard InChI is InChI=1S/C13H14N2O4S/c1-3-19-13(18)11-9-6-4-5-8(2)15(9)14-12(11)20-7-10(16)17/h4-6H,3,7H2,1-2H3,(H,16,17). The van der Waals surface area contributed by atoms with E-state index < -0.39 is 11.9 Å². The predicted molar refractivity (Wildman–Crippen MR) is 74.2 cm³/mol. The molecule has 2 aromatic rings. The van der Waals surface area contributed by atoms with Crippen molar-refractivity contribution in [2.24, 2.45) is 0 Å². The van der Waals surface area contributed by atoms with Crippen LogP contribution < -0.4 is 0 Å². The first kappa shape index (κ1) is 14.4. The molecule has 0 fully saturated rings. The largest absolute Gasteiger partial charge is 0.481 e. The van der Waals surface area contributed by atoms with Gasteiger partial charge >= 0.3 is 11.9 Å². The van der Waals surface area contributed by atoms with Crippen LogP contribution in [-0.2, 0) is 9.53 Å². The van der Waals surface area contributed by atoms with Gasteiger partial charge in [0.15, 0.2) is 0 Å². The third kappa shape index (κ3) is 2.77. The maximum Gasteiger partial charge on any atom is 0.343 e. The number of hydrogen-bond acceptors (Lipinski definition) is 5. The van der Waals surface area contributed by atoms with Gasteiger partial charge in [-0.15, -0.1) is 0 Å². The van der Waals surface area contributed by atoms with Crippen molar-refractivity contribution in [1.82, 2.24) is 9.61 Å². The number of fused-ring (bicyclic) bond motifs is 1. The summed E-state index contributed by atoms with van der Waals surface area (Å²) in [5.74, 6) is -1.60. The molecule has 0 amide bonds. The van der Waals surface area contributed by atoms with Crippen molar-refractivity contribution >= 4 is 29.2 Å². The second-order valence-corrected chi connectivity index (χ2v) is 5.01. The van der Waals surface area contributed by atoms with E-state index >= 15 is 0 Å². The monoisotopic (exact) mass is 294 g/mol. The van der Waals surface area contributed by atoms with Gasteiger partial charge in [-0.05, 0) is 26.0 Å². The maximum absolute atomic E-state index is 12.1. The maximum atomic E-state index is 12.1. The zero-order valence-corrected chi connectivity index (χ0v) is 11.9. The molecule has 106 valence electrons. The van der Waals surface area contributed by atoms with Crippen LogP contribution in [0.1, 0.15) is 23.0 Å². The molecule has 0 unspecified atom stereocenters. The number of ether oxygens (including phenoxy) is 1. The van der Waals surface area contributed by atoms with Crippen LogP contribution in [0.5, 0.6) is 0 Å². The number of aromatic nitrogens is 2. The molecule has 6 nitrogen and oxygen atoms in total. The fourth-order valence-electron chi connectivity index (χ4n) is 1.81. The van der Waals surface area contributed by atoms with E-state index in [4.69, 9.17) is 9.84 Å². The molecule has 0 bridgehead atoms. The number of carbonyl (C=O) groups excluding carboxylic acids is 1. The summed E-state index contributed by atoms with van der Waals surface area (Å²) in [6, 6.07) is 5.44. The normalized spacial score (nSPS) is 10.7. The minimum atomic E-state index is -0.960. The number of carbonyl (C=O) groups is 2. The third-order valence-electron chi connectivity index (χ3n) is 2.63. The zero-order valence-electron chi connectivity index (χ0n) is 11.1. The Morgan fingerprint density at radius 1 is 1.45 bits per heavy atom. The number of esters is 1. The van der Waals surface area contributed by atoms with E-state index in [1.54, 1.807) is 17.5 Å². The lowest BCUT2D eigenvalue weighted by atomic mass is 10.2. The van der Waals surface area contributed by atoms with E-state index in [-0.39, 0.29) is 12.4 Å². The van der Waals surface area contributed by atoms with E-state index in [1.165, 1.54) is 0 Å². The first-order valence-corrected chi connectivity index (χ1v) is 7.03. The van der Waals surface area contributed by atoms with Crippen LogP contribution >= 0.6 is 11.8 Å². The van der Waals surface area contributed by atoms with Crippen LogP contribution in [-0.4, -0.2) is 39.0 Å². The number of aryl methyl sites for hydroxylation is 1. The van der Waals surface area contributed by atoms with Crippen LogP contribution in [0.3, 0.4) is 0 Å². The molecule has 1 N–H and O–H groups in total. The van der Waals surface area contributed by atoms with Crippen molar-refractivity contribution in [2.45, 2.75) is 18.9 Å². The highest BCUT2D eigenvalue weighted by atomic mass is 32.2. The van der Waals surface area contributed by atoms with Gasteiger partial charge in [0, 0.05) is 5.69 Å². The van der Waals surface area contributed by atoms with E-state index in [2.05, 4.69) is 5.10 Å². The van der Waals surface area contributed by atoms with Crippen molar-refractivity contribution in [3.63, 3.8) is 0 Å². The Kier molecular flexibility index (Phi) is 4.29.